The molecule has 1 aromatic carbocycles. The number of rotatable bonds is 4. The van der Waals surface area contributed by atoms with Crippen molar-refractivity contribution in [2.24, 2.45) is 46.3 Å². The summed E-state index contributed by atoms with van der Waals surface area (Å²) in [7, 11) is 0. The van der Waals surface area contributed by atoms with E-state index in [0.717, 1.165) is 49.6 Å². The Morgan fingerprint density at radius 3 is 2.75 bits per heavy atom. The van der Waals surface area contributed by atoms with E-state index in [2.05, 4.69) is 49.1 Å². The molecule has 2 N–H and O–H groups in total. The largest absolute Gasteiger partial charge is 0.360 e. The molecule has 7 nitrogen and oxygen atoms in total. The number of carbonyl (C=O) groups excluding carboxylic acids is 2. The van der Waals surface area contributed by atoms with Crippen molar-refractivity contribution in [2.75, 3.05) is 6.61 Å². The number of nitrogens with one attached hydrogen (secondary N) is 2. The van der Waals surface area contributed by atoms with Gasteiger partial charge in [-0.15, -0.1) is 11.3 Å². The van der Waals surface area contributed by atoms with E-state index >= 15 is 0 Å². The second-order valence-electron chi connectivity index (χ2n) is 16.8. The van der Waals surface area contributed by atoms with Crippen LogP contribution in [0.3, 0.4) is 0 Å². The number of para-hydroxylation sites is 1. The lowest BCUT2D eigenvalue weighted by atomic mass is 9.46. The van der Waals surface area contributed by atoms with Gasteiger partial charge in [-0.3, -0.25) is 9.59 Å². The van der Waals surface area contributed by atoms with Gasteiger partial charge in [0, 0.05) is 40.9 Å². The van der Waals surface area contributed by atoms with E-state index in [1.54, 1.807) is 17.2 Å². The Bertz CT molecular complexity index is 1800. The Labute approximate surface area is 287 Å². The third kappa shape index (κ3) is 4.54. The maximum atomic E-state index is 13.4. The molecule has 8 heteroatoms. The molecule has 4 aliphatic carbocycles. The van der Waals surface area contributed by atoms with Gasteiger partial charge in [-0.2, -0.15) is 0 Å². The number of ether oxygens (including phenoxy) is 2. The molecule has 6 aliphatic rings. The summed E-state index contributed by atoms with van der Waals surface area (Å²) < 4.78 is 13.5. The highest BCUT2D eigenvalue weighted by molar-refractivity contribution is 7.12. The van der Waals surface area contributed by atoms with Gasteiger partial charge in [0.15, 0.2) is 10.8 Å². The summed E-state index contributed by atoms with van der Waals surface area (Å²) in [5.41, 5.74) is 3.89. The summed E-state index contributed by atoms with van der Waals surface area (Å²) in [6.45, 7) is 10.7. The summed E-state index contributed by atoms with van der Waals surface area (Å²) in [5.74, 6) is 3.08. The highest BCUT2D eigenvalue weighted by Crippen LogP contribution is 2.70. The Kier molecular flexibility index (Phi) is 7.21. The predicted molar refractivity (Wildman–Crippen MR) is 187 cm³/mol. The van der Waals surface area contributed by atoms with E-state index < -0.39 is 0 Å². The van der Waals surface area contributed by atoms with E-state index in [0.29, 0.717) is 63.3 Å². The van der Waals surface area contributed by atoms with Crippen molar-refractivity contribution in [2.45, 2.75) is 103 Å². The first-order chi connectivity index (χ1) is 23.1. The van der Waals surface area contributed by atoms with Gasteiger partial charge >= 0.3 is 0 Å². The lowest BCUT2D eigenvalue weighted by molar-refractivity contribution is -0.272. The molecule has 0 radical (unpaired) electrons. The number of H-pyrrole nitrogens is 1. The number of fused-ring (bicyclic) bond motifs is 8. The average molecular weight is 668 g/mol. The fraction of sp³-hybridized carbons (Fsp3) is 0.625. The second kappa shape index (κ2) is 11.1. The van der Waals surface area contributed by atoms with Crippen molar-refractivity contribution in [3.05, 3.63) is 63.8 Å². The molecule has 11 atom stereocenters. The minimum Gasteiger partial charge on any atom is -0.360 e. The molecule has 1 spiro atoms. The van der Waals surface area contributed by atoms with Crippen LogP contribution in [0.1, 0.15) is 111 Å². The highest BCUT2D eigenvalue weighted by Gasteiger charge is 2.68. The van der Waals surface area contributed by atoms with Crippen LogP contribution in [0.15, 0.2) is 47.5 Å². The first kappa shape index (κ1) is 31.2. The monoisotopic (exact) mass is 667 g/mol. The van der Waals surface area contributed by atoms with Crippen LogP contribution < -0.4 is 5.32 Å². The summed E-state index contributed by atoms with van der Waals surface area (Å²) in [6, 6.07) is 7.83. The van der Waals surface area contributed by atoms with E-state index in [-0.39, 0.29) is 28.9 Å². The fourth-order valence-corrected chi connectivity index (χ4v) is 12.7. The Balaban J connectivity index is 0.872. The lowest BCUT2D eigenvalue weighted by Gasteiger charge is -2.58. The third-order valence-electron chi connectivity index (χ3n) is 14.5. The number of aromatic nitrogens is 2. The third-order valence-corrected chi connectivity index (χ3v) is 15.3. The number of amides is 1. The van der Waals surface area contributed by atoms with Crippen LogP contribution in [-0.2, 0) is 9.47 Å². The average Bonchev–Trinajstić information content (AvgIpc) is 3.85. The highest BCUT2D eigenvalue weighted by atomic mass is 32.1. The van der Waals surface area contributed by atoms with Gasteiger partial charge in [0.2, 0.25) is 5.78 Å². The van der Waals surface area contributed by atoms with E-state index in [1.165, 1.54) is 37.0 Å². The first-order valence-corrected chi connectivity index (χ1v) is 19.4. The summed E-state index contributed by atoms with van der Waals surface area (Å²) in [6.07, 6.45) is 14.8. The van der Waals surface area contributed by atoms with Gasteiger partial charge in [0.25, 0.3) is 5.91 Å². The van der Waals surface area contributed by atoms with Gasteiger partial charge in [0.1, 0.15) is 5.69 Å². The van der Waals surface area contributed by atoms with Crippen LogP contribution in [0.4, 0.5) is 0 Å². The van der Waals surface area contributed by atoms with Gasteiger partial charge in [-0.1, -0.05) is 57.5 Å². The molecular weight excluding hydrogens is 619 g/mol. The topological polar surface area (TPSA) is 93.3 Å². The molecule has 254 valence electrons. The normalized spacial score (nSPS) is 41.7. The van der Waals surface area contributed by atoms with Gasteiger partial charge in [-0.05, 0) is 97.9 Å². The summed E-state index contributed by atoms with van der Waals surface area (Å²) >= 11 is 1.24. The molecule has 3 saturated carbocycles. The van der Waals surface area contributed by atoms with Gasteiger partial charge in [0.05, 0.1) is 18.3 Å². The number of aromatic amines is 1. The van der Waals surface area contributed by atoms with Crippen molar-refractivity contribution in [1.29, 1.82) is 0 Å². The zero-order valence-electron chi connectivity index (χ0n) is 28.7. The van der Waals surface area contributed by atoms with Crippen molar-refractivity contribution in [3.8, 4) is 0 Å². The summed E-state index contributed by atoms with van der Waals surface area (Å²) in [4.78, 5) is 34.3. The fourth-order valence-electron chi connectivity index (χ4n) is 11.9. The Morgan fingerprint density at radius 2 is 1.92 bits per heavy atom. The predicted octanol–water partition coefficient (Wildman–Crippen LogP) is 8.32. The molecule has 11 unspecified atom stereocenters. The SMILES string of the molecule is CC1CCC2(OC1)OC1CC3C4CC=C5CC(NC(=O)c6csc(C(=O)c7c[nH]c8ccccc78)n6)CCC5(C)C4CCC3(C)C1C2C. The lowest BCUT2D eigenvalue weighted by Crippen LogP contribution is -2.53. The molecule has 1 amide bonds. The standard InChI is InChI=1S/C40H49N3O4S/c1-22-11-16-40(46-20-22)23(2)34-33(47-40)18-30-27-10-9-24-17-25(12-14-38(24,3)29(27)13-15-39(30,34)4)42-36(45)32-21-48-37(43-32)35(44)28-19-41-31-8-6-5-7-26(28)31/h5-9,19,21-23,25,27,29-30,33-34,41H,10-18,20H2,1-4H3,(H,42,45). The van der Waals surface area contributed by atoms with Crippen LogP contribution in [0.25, 0.3) is 10.9 Å². The van der Waals surface area contributed by atoms with Crippen LogP contribution in [0, 0.1) is 46.3 Å². The maximum absolute atomic E-state index is 13.4. The maximum Gasteiger partial charge on any atom is 0.271 e. The molecule has 2 saturated heterocycles. The number of nitrogens with zero attached hydrogens (tertiary/aromatic N) is 1. The van der Waals surface area contributed by atoms with E-state index in [9.17, 15) is 9.59 Å². The number of thiazole rings is 1. The van der Waals surface area contributed by atoms with Crippen LogP contribution in [-0.4, -0.2) is 46.2 Å². The molecule has 9 rings (SSSR count). The van der Waals surface area contributed by atoms with Crippen molar-refractivity contribution in [3.63, 3.8) is 0 Å². The number of ketones is 1. The number of allylic oxidation sites excluding steroid dienone is 1. The minimum absolute atomic E-state index is 0.0891. The molecule has 2 aliphatic heterocycles. The van der Waals surface area contributed by atoms with Crippen LogP contribution >= 0.6 is 11.3 Å². The van der Waals surface area contributed by atoms with Gasteiger partial charge in [-0.25, -0.2) is 4.98 Å². The molecule has 4 heterocycles. The second-order valence-corrected chi connectivity index (χ2v) is 17.7. The zero-order valence-corrected chi connectivity index (χ0v) is 29.5. The molecule has 2 aromatic heterocycles. The van der Waals surface area contributed by atoms with Crippen molar-refractivity contribution >= 4 is 33.9 Å². The van der Waals surface area contributed by atoms with E-state index in [1.807, 2.05) is 24.3 Å². The van der Waals surface area contributed by atoms with Crippen LogP contribution in [0.2, 0.25) is 0 Å². The number of hydrogen-bond acceptors (Lipinski definition) is 6. The zero-order chi connectivity index (χ0) is 33.0. The number of hydrogen-bond donors (Lipinski definition) is 2. The molecule has 3 aromatic rings. The number of carbonyl (C=O) groups is 2. The quantitative estimate of drug-likeness (QED) is 0.216. The molecule has 5 fully saturated rings. The molecule has 48 heavy (non-hydrogen) atoms. The first-order valence-electron chi connectivity index (χ1n) is 18.5. The summed E-state index contributed by atoms with van der Waals surface area (Å²) in [5, 5.41) is 6.24. The minimum atomic E-state index is -0.353. The Morgan fingerprint density at radius 1 is 1.06 bits per heavy atom. The molecular formula is C40H49N3O4S. The van der Waals surface area contributed by atoms with Crippen molar-refractivity contribution in [1.82, 2.24) is 15.3 Å². The van der Waals surface area contributed by atoms with Gasteiger partial charge < -0.3 is 19.8 Å². The number of benzene rings is 1. The smallest absolute Gasteiger partial charge is 0.271 e. The molecule has 0 bridgehead atoms. The Hall–Kier alpha value is -2.81. The van der Waals surface area contributed by atoms with Crippen LogP contribution in [0.5, 0.6) is 0 Å². The van der Waals surface area contributed by atoms with E-state index in [4.69, 9.17) is 9.47 Å². The van der Waals surface area contributed by atoms with Crippen molar-refractivity contribution < 1.29 is 19.1 Å².